The van der Waals surface area contributed by atoms with Crippen LogP contribution in [0.2, 0.25) is 0 Å². The van der Waals surface area contributed by atoms with E-state index in [0.717, 1.165) is 23.4 Å². The second-order valence-electron chi connectivity index (χ2n) is 6.67. The van der Waals surface area contributed by atoms with Gasteiger partial charge >= 0.3 is 0 Å². The van der Waals surface area contributed by atoms with Crippen LogP contribution in [0.1, 0.15) is 26.7 Å². The largest absolute Gasteiger partial charge is 0.355 e. The van der Waals surface area contributed by atoms with Crippen LogP contribution < -0.4 is 16.4 Å². The minimum Gasteiger partial charge on any atom is -0.355 e. The number of hydrogen-bond donors (Lipinski definition) is 3. The number of rotatable bonds is 7. The second kappa shape index (κ2) is 10.3. The Morgan fingerprint density at radius 3 is 2.63 bits per heavy atom. The maximum atomic E-state index is 12.8. The Hall–Kier alpha value is -2.06. The maximum absolute atomic E-state index is 12.8. The minimum absolute atomic E-state index is 0.0215. The van der Waals surface area contributed by atoms with Crippen molar-refractivity contribution < 1.29 is 14.4 Å². The molecule has 148 valence electrons. The van der Waals surface area contributed by atoms with Gasteiger partial charge in [0, 0.05) is 43.7 Å². The highest BCUT2D eigenvalue weighted by Crippen LogP contribution is 2.27. The molecule has 1 fully saturated rings. The number of nitrogens with one attached hydrogen (secondary N) is 2. The number of carbonyl (C=O) groups is 3. The van der Waals surface area contributed by atoms with Crippen molar-refractivity contribution in [2.75, 3.05) is 31.5 Å². The summed E-state index contributed by atoms with van der Waals surface area (Å²) in [5.41, 5.74) is 6.16. The molecule has 3 amide bonds. The Labute approximate surface area is 164 Å². The fourth-order valence-corrected chi connectivity index (χ4v) is 4.01. The van der Waals surface area contributed by atoms with E-state index in [9.17, 15) is 14.4 Å². The van der Waals surface area contributed by atoms with E-state index < -0.39 is 0 Å². The third-order valence-corrected chi connectivity index (χ3v) is 5.48. The molecule has 27 heavy (non-hydrogen) atoms. The molecule has 0 spiro atoms. The van der Waals surface area contributed by atoms with Crippen LogP contribution >= 0.6 is 11.8 Å². The quantitative estimate of drug-likeness (QED) is 0.609. The lowest BCUT2D eigenvalue weighted by atomic mass is 9.97. The third-order valence-electron chi connectivity index (χ3n) is 4.38. The summed E-state index contributed by atoms with van der Waals surface area (Å²) in [5, 5.41) is 5.29. The van der Waals surface area contributed by atoms with Crippen LogP contribution in [-0.4, -0.2) is 54.1 Å². The van der Waals surface area contributed by atoms with Crippen LogP contribution in [0.25, 0.3) is 0 Å². The van der Waals surface area contributed by atoms with Crippen molar-refractivity contribution in [2.24, 2.45) is 11.7 Å². The normalized spacial score (nSPS) is 17.9. The number of hydrogen-bond acceptors (Lipinski definition) is 5. The van der Waals surface area contributed by atoms with E-state index in [0.29, 0.717) is 26.2 Å². The standard InChI is InChI=1S/C19H28N4O3S/c1-13(27-17-7-5-16(6-8-17)22-14(2)24)19(26)23-11-3-4-15(12-23)18(25)21-10-9-20/h5-8,13,15H,3-4,9-12,20H2,1-2H3,(H,21,25)(H,22,24). The lowest BCUT2D eigenvalue weighted by Gasteiger charge is -2.33. The van der Waals surface area contributed by atoms with Gasteiger partial charge in [-0.05, 0) is 44.0 Å². The molecule has 1 aromatic carbocycles. The van der Waals surface area contributed by atoms with Gasteiger partial charge in [-0.25, -0.2) is 0 Å². The number of thioether (sulfide) groups is 1. The van der Waals surface area contributed by atoms with Gasteiger partial charge in [-0.2, -0.15) is 0 Å². The molecule has 2 rings (SSSR count). The molecule has 7 nitrogen and oxygen atoms in total. The highest BCUT2D eigenvalue weighted by molar-refractivity contribution is 8.00. The first kappa shape index (κ1) is 21.2. The predicted molar refractivity (Wildman–Crippen MR) is 107 cm³/mol. The molecule has 8 heteroatoms. The zero-order chi connectivity index (χ0) is 19.8. The van der Waals surface area contributed by atoms with Gasteiger partial charge in [-0.1, -0.05) is 0 Å². The van der Waals surface area contributed by atoms with Crippen molar-refractivity contribution >= 4 is 35.2 Å². The zero-order valence-electron chi connectivity index (χ0n) is 15.9. The van der Waals surface area contributed by atoms with Crippen molar-refractivity contribution in [3.05, 3.63) is 24.3 Å². The van der Waals surface area contributed by atoms with Crippen molar-refractivity contribution in [1.29, 1.82) is 0 Å². The lowest BCUT2D eigenvalue weighted by molar-refractivity contribution is -0.135. The van der Waals surface area contributed by atoms with Crippen LogP contribution in [-0.2, 0) is 14.4 Å². The zero-order valence-corrected chi connectivity index (χ0v) is 16.7. The van der Waals surface area contributed by atoms with Gasteiger partial charge in [-0.15, -0.1) is 11.8 Å². The van der Waals surface area contributed by atoms with Crippen molar-refractivity contribution in [1.82, 2.24) is 10.2 Å². The molecule has 0 radical (unpaired) electrons. The van der Waals surface area contributed by atoms with Crippen LogP contribution in [0, 0.1) is 5.92 Å². The van der Waals surface area contributed by atoms with E-state index in [1.807, 2.05) is 31.2 Å². The van der Waals surface area contributed by atoms with Crippen LogP contribution in [0.4, 0.5) is 5.69 Å². The topological polar surface area (TPSA) is 105 Å². The molecule has 0 saturated carbocycles. The summed E-state index contributed by atoms with van der Waals surface area (Å²) in [7, 11) is 0. The number of benzene rings is 1. The lowest BCUT2D eigenvalue weighted by Crippen LogP contribution is -2.48. The summed E-state index contributed by atoms with van der Waals surface area (Å²) in [6.45, 7) is 5.37. The number of anilines is 1. The van der Waals surface area contributed by atoms with Gasteiger partial charge in [0.2, 0.25) is 17.7 Å². The fourth-order valence-electron chi connectivity index (χ4n) is 3.06. The van der Waals surface area contributed by atoms with Gasteiger partial charge in [-0.3, -0.25) is 14.4 Å². The molecule has 1 aromatic rings. The highest BCUT2D eigenvalue weighted by atomic mass is 32.2. The number of piperidine rings is 1. The predicted octanol–water partition coefficient (Wildman–Crippen LogP) is 1.44. The summed E-state index contributed by atoms with van der Waals surface area (Å²) < 4.78 is 0. The smallest absolute Gasteiger partial charge is 0.235 e. The summed E-state index contributed by atoms with van der Waals surface area (Å²) in [4.78, 5) is 38.8. The SMILES string of the molecule is CC(=O)Nc1ccc(SC(C)C(=O)N2CCCC(C(=O)NCCN)C2)cc1. The Morgan fingerprint density at radius 1 is 1.30 bits per heavy atom. The molecule has 1 aliphatic rings. The third kappa shape index (κ3) is 6.55. The molecule has 1 aliphatic heterocycles. The number of carbonyl (C=O) groups excluding carboxylic acids is 3. The van der Waals surface area contributed by atoms with Crippen LogP contribution in [0.3, 0.4) is 0 Å². The van der Waals surface area contributed by atoms with E-state index in [2.05, 4.69) is 10.6 Å². The van der Waals surface area contributed by atoms with Gasteiger partial charge in [0.1, 0.15) is 0 Å². The highest BCUT2D eigenvalue weighted by Gasteiger charge is 2.30. The molecular formula is C19H28N4O3S. The van der Waals surface area contributed by atoms with Gasteiger partial charge in [0.25, 0.3) is 0 Å². The number of likely N-dealkylation sites (tertiary alicyclic amines) is 1. The summed E-state index contributed by atoms with van der Waals surface area (Å²) in [5.74, 6) is -0.258. The molecule has 1 saturated heterocycles. The molecule has 2 unspecified atom stereocenters. The van der Waals surface area contributed by atoms with E-state index in [4.69, 9.17) is 5.73 Å². The van der Waals surface area contributed by atoms with Gasteiger partial charge in [0.05, 0.1) is 11.2 Å². The van der Waals surface area contributed by atoms with Crippen molar-refractivity contribution in [3.8, 4) is 0 Å². The summed E-state index contributed by atoms with van der Waals surface area (Å²) >= 11 is 1.48. The Balaban J connectivity index is 1.90. The van der Waals surface area contributed by atoms with E-state index in [1.165, 1.54) is 18.7 Å². The average Bonchev–Trinajstić information content (AvgIpc) is 2.66. The van der Waals surface area contributed by atoms with Gasteiger partial charge in [0.15, 0.2) is 0 Å². The van der Waals surface area contributed by atoms with Crippen LogP contribution in [0.5, 0.6) is 0 Å². The molecule has 0 bridgehead atoms. The summed E-state index contributed by atoms with van der Waals surface area (Å²) in [6, 6.07) is 7.41. The molecule has 1 heterocycles. The first-order valence-corrected chi connectivity index (χ1v) is 10.1. The molecule has 4 N–H and O–H groups in total. The van der Waals surface area contributed by atoms with Crippen LogP contribution in [0.15, 0.2) is 29.2 Å². The average molecular weight is 393 g/mol. The van der Waals surface area contributed by atoms with Crippen molar-refractivity contribution in [3.63, 3.8) is 0 Å². The number of nitrogens with zero attached hydrogens (tertiary/aromatic N) is 1. The summed E-state index contributed by atoms with van der Waals surface area (Å²) in [6.07, 6.45) is 1.63. The molecule has 0 aliphatic carbocycles. The monoisotopic (exact) mass is 392 g/mol. The first-order valence-electron chi connectivity index (χ1n) is 9.21. The van der Waals surface area contributed by atoms with Crippen molar-refractivity contribution in [2.45, 2.75) is 36.8 Å². The maximum Gasteiger partial charge on any atom is 0.235 e. The van der Waals surface area contributed by atoms with E-state index in [1.54, 1.807) is 4.90 Å². The van der Waals surface area contributed by atoms with E-state index in [-0.39, 0.29) is 28.9 Å². The Morgan fingerprint density at radius 2 is 2.00 bits per heavy atom. The van der Waals surface area contributed by atoms with E-state index >= 15 is 0 Å². The molecular weight excluding hydrogens is 364 g/mol. The molecule has 2 atom stereocenters. The fraction of sp³-hybridized carbons (Fsp3) is 0.526. The Kier molecular flexibility index (Phi) is 8.12. The minimum atomic E-state index is -0.248. The first-order chi connectivity index (χ1) is 12.9. The number of amides is 3. The molecule has 0 aromatic heterocycles. The second-order valence-corrected chi connectivity index (χ2v) is 8.08. The van der Waals surface area contributed by atoms with Gasteiger partial charge < -0.3 is 21.3 Å². The number of nitrogens with two attached hydrogens (primary N) is 1. The Bertz CT molecular complexity index is 665.